The number of unbranched alkanes of at least 4 members (excludes halogenated alkanes) is 6. The van der Waals surface area contributed by atoms with Gasteiger partial charge in [-0.25, -0.2) is 0 Å². The summed E-state index contributed by atoms with van der Waals surface area (Å²) in [6.45, 7) is 8.31. The van der Waals surface area contributed by atoms with Crippen LogP contribution < -0.4 is 0 Å². The van der Waals surface area contributed by atoms with Gasteiger partial charge in [0.2, 0.25) is 0 Å². The number of hydrogen-bond acceptors (Lipinski definition) is 1. The largest absolute Gasteiger partial charge is 0.300 e. The highest BCUT2D eigenvalue weighted by atomic mass is 16.1. The molecule has 1 heteroatoms. The molecule has 0 heterocycles. The van der Waals surface area contributed by atoms with Gasteiger partial charge in [-0.3, -0.25) is 4.79 Å². The molecule has 0 aliphatic heterocycles. The molecule has 0 saturated carbocycles. The van der Waals surface area contributed by atoms with Crippen LogP contribution in [-0.2, 0) is 4.79 Å². The molecule has 0 radical (unpaired) electrons. The first kappa shape index (κ1) is 15.7. The van der Waals surface area contributed by atoms with Crippen molar-refractivity contribution >= 4 is 5.78 Å². The second-order valence-electron chi connectivity index (χ2n) is 5.37. The fourth-order valence-corrected chi connectivity index (χ4v) is 2.33. The van der Waals surface area contributed by atoms with Gasteiger partial charge in [0, 0.05) is 5.92 Å². The molecule has 0 N–H and O–H groups in total. The van der Waals surface area contributed by atoms with Crippen LogP contribution in [0.4, 0.5) is 0 Å². The number of hydrogen-bond donors (Lipinski definition) is 0. The van der Waals surface area contributed by atoms with Gasteiger partial charge >= 0.3 is 0 Å². The van der Waals surface area contributed by atoms with Crippen LogP contribution in [0, 0.1) is 11.8 Å². The Kier molecular flexibility index (Phi) is 9.66. The Morgan fingerprint density at radius 2 is 1.44 bits per heavy atom. The first-order valence-electron chi connectivity index (χ1n) is 7.10. The normalized spacial score (nSPS) is 13.1. The SMILES string of the molecule is CCCCCCCCCC(C(C)=O)C(C)C. The minimum Gasteiger partial charge on any atom is -0.300 e. The zero-order chi connectivity index (χ0) is 12.4. The molecule has 0 saturated heterocycles. The standard InChI is InChI=1S/C15H30O/c1-5-6-7-8-9-10-11-12-15(13(2)3)14(4)16/h13,15H,5-12H2,1-4H3. The molecule has 1 atom stereocenters. The Morgan fingerprint density at radius 3 is 1.88 bits per heavy atom. The van der Waals surface area contributed by atoms with E-state index in [1.54, 1.807) is 6.92 Å². The molecular weight excluding hydrogens is 196 g/mol. The summed E-state index contributed by atoms with van der Waals surface area (Å²) in [5, 5.41) is 0. The second-order valence-corrected chi connectivity index (χ2v) is 5.37. The molecule has 0 aliphatic carbocycles. The average Bonchev–Trinajstić information content (AvgIpc) is 2.21. The fourth-order valence-electron chi connectivity index (χ4n) is 2.33. The summed E-state index contributed by atoms with van der Waals surface area (Å²) in [5.74, 6) is 1.19. The molecule has 1 unspecified atom stereocenters. The van der Waals surface area contributed by atoms with Gasteiger partial charge in [0.05, 0.1) is 0 Å². The molecule has 16 heavy (non-hydrogen) atoms. The van der Waals surface area contributed by atoms with Gasteiger partial charge in [0.25, 0.3) is 0 Å². The van der Waals surface area contributed by atoms with Crippen molar-refractivity contribution in [2.75, 3.05) is 0 Å². The number of carbonyl (C=O) groups excluding carboxylic acids is 1. The Morgan fingerprint density at radius 1 is 0.938 bits per heavy atom. The maximum absolute atomic E-state index is 11.4. The van der Waals surface area contributed by atoms with E-state index in [1.165, 1.54) is 44.9 Å². The maximum Gasteiger partial charge on any atom is 0.133 e. The van der Waals surface area contributed by atoms with Crippen molar-refractivity contribution in [3.63, 3.8) is 0 Å². The molecule has 96 valence electrons. The molecule has 1 nitrogen and oxygen atoms in total. The van der Waals surface area contributed by atoms with E-state index in [1.807, 2.05) is 0 Å². The van der Waals surface area contributed by atoms with Crippen molar-refractivity contribution in [2.24, 2.45) is 11.8 Å². The van der Waals surface area contributed by atoms with E-state index in [0.717, 1.165) is 6.42 Å². The molecule has 0 amide bonds. The lowest BCUT2D eigenvalue weighted by molar-refractivity contribution is -0.122. The van der Waals surface area contributed by atoms with Crippen LogP contribution in [-0.4, -0.2) is 5.78 Å². The molecule has 0 aromatic rings. The first-order valence-corrected chi connectivity index (χ1v) is 7.10. The van der Waals surface area contributed by atoms with Gasteiger partial charge in [0.15, 0.2) is 0 Å². The summed E-state index contributed by atoms with van der Waals surface area (Å²) in [5.41, 5.74) is 0. The zero-order valence-electron chi connectivity index (χ0n) is 11.7. The summed E-state index contributed by atoms with van der Waals surface area (Å²) in [7, 11) is 0. The number of carbonyl (C=O) groups is 1. The quantitative estimate of drug-likeness (QED) is 0.480. The van der Waals surface area contributed by atoms with Gasteiger partial charge in [0.1, 0.15) is 5.78 Å². The van der Waals surface area contributed by atoms with Gasteiger partial charge < -0.3 is 0 Å². The predicted molar refractivity (Wildman–Crippen MR) is 71.6 cm³/mol. The average molecular weight is 226 g/mol. The van der Waals surface area contributed by atoms with E-state index in [2.05, 4.69) is 20.8 Å². The van der Waals surface area contributed by atoms with Gasteiger partial charge in [-0.2, -0.15) is 0 Å². The van der Waals surface area contributed by atoms with E-state index in [-0.39, 0.29) is 0 Å². The highest BCUT2D eigenvalue weighted by molar-refractivity contribution is 5.78. The summed E-state index contributed by atoms with van der Waals surface area (Å²) in [6.07, 6.45) is 10.4. The lowest BCUT2D eigenvalue weighted by atomic mass is 9.87. The van der Waals surface area contributed by atoms with Gasteiger partial charge in [-0.15, -0.1) is 0 Å². The number of rotatable bonds is 10. The molecule has 0 bridgehead atoms. The number of ketones is 1. The van der Waals surface area contributed by atoms with Crippen LogP contribution in [0.15, 0.2) is 0 Å². The molecular formula is C15H30O. The Balaban J connectivity index is 3.45. The summed E-state index contributed by atoms with van der Waals surface area (Å²) in [4.78, 5) is 11.4. The highest BCUT2D eigenvalue weighted by Gasteiger charge is 2.17. The predicted octanol–water partition coefficient (Wildman–Crippen LogP) is 4.99. The van der Waals surface area contributed by atoms with Crippen LogP contribution in [0.2, 0.25) is 0 Å². The van der Waals surface area contributed by atoms with Gasteiger partial charge in [-0.1, -0.05) is 65.7 Å². The summed E-state index contributed by atoms with van der Waals surface area (Å²) >= 11 is 0. The van der Waals surface area contributed by atoms with Crippen LogP contribution in [0.3, 0.4) is 0 Å². The van der Waals surface area contributed by atoms with Crippen LogP contribution in [0.25, 0.3) is 0 Å². The lowest BCUT2D eigenvalue weighted by Gasteiger charge is -2.17. The Bertz CT molecular complexity index is 172. The minimum absolute atomic E-state index is 0.302. The third-order valence-corrected chi connectivity index (χ3v) is 3.45. The first-order chi connectivity index (χ1) is 7.59. The topological polar surface area (TPSA) is 17.1 Å². The maximum atomic E-state index is 11.4. The Hall–Kier alpha value is -0.330. The lowest BCUT2D eigenvalue weighted by Crippen LogP contribution is -2.17. The van der Waals surface area contributed by atoms with E-state index in [4.69, 9.17) is 0 Å². The highest BCUT2D eigenvalue weighted by Crippen LogP contribution is 2.20. The molecule has 0 rings (SSSR count). The zero-order valence-corrected chi connectivity index (χ0v) is 11.7. The van der Waals surface area contributed by atoms with Crippen molar-refractivity contribution in [1.82, 2.24) is 0 Å². The third-order valence-electron chi connectivity index (χ3n) is 3.45. The summed E-state index contributed by atoms with van der Waals surface area (Å²) in [6, 6.07) is 0. The van der Waals surface area contributed by atoms with Crippen molar-refractivity contribution in [2.45, 2.75) is 79.1 Å². The molecule has 0 aromatic heterocycles. The molecule has 0 spiro atoms. The third kappa shape index (κ3) is 7.90. The molecule has 0 aliphatic rings. The van der Waals surface area contributed by atoms with Crippen molar-refractivity contribution in [3.8, 4) is 0 Å². The van der Waals surface area contributed by atoms with Gasteiger partial charge in [-0.05, 0) is 19.3 Å². The molecule has 0 fully saturated rings. The monoisotopic (exact) mass is 226 g/mol. The number of Topliss-reactive ketones (excluding diaryl/α,β-unsaturated/α-hetero) is 1. The fraction of sp³-hybridized carbons (Fsp3) is 0.933. The van der Waals surface area contributed by atoms with Crippen LogP contribution >= 0.6 is 0 Å². The minimum atomic E-state index is 0.302. The van der Waals surface area contributed by atoms with Crippen molar-refractivity contribution in [1.29, 1.82) is 0 Å². The van der Waals surface area contributed by atoms with E-state index < -0.39 is 0 Å². The van der Waals surface area contributed by atoms with Crippen LogP contribution in [0.5, 0.6) is 0 Å². The smallest absolute Gasteiger partial charge is 0.133 e. The van der Waals surface area contributed by atoms with E-state index in [9.17, 15) is 4.79 Å². The second kappa shape index (κ2) is 9.86. The van der Waals surface area contributed by atoms with E-state index >= 15 is 0 Å². The van der Waals surface area contributed by atoms with Crippen molar-refractivity contribution < 1.29 is 4.79 Å². The van der Waals surface area contributed by atoms with Crippen LogP contribution in [0.1, 0.15) is 79.1 Å². The molecule has 0 aromatic carbocycles. The Labute approximate surface area is 102 Å². The summed E-state index contributed by atoms with van der Waals surface area (Å²) < 4.78 is 0. The van der Waals surface area contributed by atoms with E-state index in [0.29, 0.717) is 17.6 Å². The van der Waals surface area contributed by atoms with Crippen molar-refractivity contribution in [3.05, 3.63) is 0 Å².